The van der Waals surface area contributed by atoms with Gasteiger partial charge in [-0.2, -0.15) is 4.31 Å². The van der Waals surface area contributed by atoms with Crippen LogP contribution in [0.3, 0.4) is 0 Å². The van der Waals surface area contributed by atoms with Gasteiger partial charge in [0.1, 0.15) is 0 Å². The Kier molecular flexibility index (Phi) is 5.90. The van der Waals surface area contributed by atoms with Gasteiger partial charge in [0.15, 0.2) is 0 Å². The predicted molar refractivity (Wildman–Crippen MR) is 109 cm³/mol. The van der Waals surface area contributed by atoms with Gasteiger partial charge in [-0.1, -0.05) is 0 Å². The third-order valence-corrected chi connectivity index (χ3v) is 8.36. The Morgan fingerprint density at radius 1 is 1.19 bits per heavy atom. The third kappa shape index (κ3) is 3.42. The summed E-state index contributed by atoms with van der Waals surface area (Å²) in [7, 11) is -3.24. The van der Waals surface area contributed by atoms with Crippen molar-refractivity contribution in [3.63, 3.8) is 0 Å². The lowest BCUT2D eigenvalue weighted by molar-refractivity contribution is 0.0603. The number of imidazole rings is 1. The summed E-state index contributed by atoms with van der Waals surface area (Å²) in [5.41, 5.74) is 1.64. The number of nitrogens with one attached hydrogen (secondary N) is 2. The first kappa shape index (κ1) is 21.3. The van der Waals surface area contributed by atoms with Crippen molar-refractivity contribution in [2.75, 3.05) is 45.5 Å². The molecular weight excluding hydrogens is 409 g/mol. The highest BCUT2D eigenvalue weighted by atomic mass is 35.5. The molecule has 0 radical (unpaired) electrons. The maximum Gasteiger partial charge on any atom is 0.212 e. The van der Waals surface area contributed by atoms with Gasteiger partial charge in [-0.05, 0) is 43.7 Å². The maximum atomic E-state index is 12.5. The standard InChI is InChI=1S/C17H27N5O2S.2ClH/c1-25(23,24)22-5-2-15-16(20-11-19-15)17(22)3-6-21(7-4-17)10-14-12-8-18-9-13(12)14;;/h11-14,18H,2-10H2,1H3,(H,19,20);2*1H/t12-,13+,14?;;. The van der Waals surface area contributed by atoms with Crippen LogP contribution in [0.15, 0.2) is 6.33 Å². The summed E-state index contributed by atoms with van der Waals surface area (Å²) in [6.07, 6.45) is 5.49. The summed E-state index contributed by atoms with van der Waals surface area (Å²) in [5.74, 6) is 2.63. The molecule has 10 heteroatoms. The van der Waals surface area contributed by atoms with E-state index in [2.05, 4.69) is 20.2 Å². The Morgan fingerprint density at radius 2 is 1.85 bits per heavy atom. The van der Waals surface area contributed by atoms with E-state index < -0.39 is 15.6 Å². The van der Waals surface area contributed by atoms with E-state index in [1.807, 2.05) is 0 Å². The first-order valence-corrected chi connectivity index (χ1v) is 11.3. The van der Waals surface area contributed by atoms with Crippen LogP contribution in [0.5, 0.6) is 0 Å². The smallest absolute Gasteiger partial charge is 0.212 e. The quantitative estimate of drug-likeness (QED) is 0.731. The Bertz CT molecular complexity index is 768. The Hall–Kier alpha value is -0.380. The number of H-pyrrole nitrogens is 1. The molecule has 7 nitrogen and oxygen atoms in total. The van der Waals surface area contributed by atoms with E-state index in [0.29, 0.717) is 6.54 Å². The molecule has 0 bridgehead atoms. The van der Waals surface area contributed by atoms with Crippen molar-refractivity contribution in [3.8, 4) is 0 Å². The fourth-order valence-corrected chi connectivity index (χ4v) is 6.98. The molecule has 3 atom stereocenters. The molecule has 5 rings (SSSR count). The lowest BCUT2D eigenvalue weighted by atomic mass is 9.80. The molecule has 1 saturated carbocycles. The molecule has 1 unspecified atom stereocenters. The molecule has 1 aliphatic carbocycles. The SMILES string of the molecule is CS(=O)(=O)N1CCc2[nH]cnc2C12CCN(CC1[C@H]3CNC[C@@H]13)CC2.Cl.Cl. The van der Waals surface area contributed by atoms with Gasteiger partial charge in [0.25, 0.3) is 0 Å². The zero-order valence-corrected chi connectivity index (χ0v) is 18.0. The Morgan fingerprint density at radius 3 is 2.48 bits per heavy atom. The minimum Gasteiger partial charge on any atom is -0.348 e. The number of fused-ring (bicyclic) bond motifs is 3. The van der Waals surface area contributed by atoms with E-state index >= 15 is 0 Å². The number of piperidine rings is 2. The van der Waals surface area contributed by atoms with Crippen LogP contribution < -0.4 is 5.32 Å². The molecule has 4 aliphatic rings. The van der Waals surface area contributed by atoms with Crippen LogP contribution in [0.2, 0.25) is 0 Å². The van der Waals surface area contributed by atoms with Gasteiger partial charge in [-0.3, -0.25) is 0 Å². The summed E-state index contributed by atoms with van der Waals surface area (Å²) in [4.78, 5) is 10.3. The number of nitrogens with zero attached hydrogens (tertiary/aromatic N) is 3. The molecular formula is C17H29Cl2N5O2S. The van der Waals surface area contributed by atoms with E-state index in [0.717, 1.165) is 61.5 Å². The molecule has 1 aromatic rings. The number of sulfonamides is 1. The molecule has 0 aromatic carbocycles. The number of aromatic amines is 1. The first-order chi connectivity index (χ1) is 12.0. The fraction of sp³-hybridized carbons (Fsp3) is 0.824. The van der Waals surface area contributed by atoms with Gasteiger partial charge < -0.3 is 15.2 Å². The number of aromatic nitrogens is 2. The fourth-order valence-electron chi connectivity index (χ4n) is 5.65. The highest BCUT2D eigenvalue weighted by Gasteiger charge is 2.54. The van der Waals surface area contributed by atoms with Crippen molar-refractivity contribution in [3.05, 3.63) is 17.7 Å². The van der Waals surface area contributed by atoms with Crippen LogP contribution in [-0.2, 0) is 22.0 Å². The molecule has 27 heavy (non-hydrogen) atoms. The van der Waals surface area contributed by atoms with Crippen molar-refractivity contribution in [2.45, 2.75) is 24.8 Å². The molecule has 3 aliphatic heterocycles. The zero-order chi connectivity index (χ0) is 17.2. The second kappa shape index (κ2) is 7.46. The van der Waals surface area contributed by atoms with Crippen LogP contribution in [0.25, 0.3) is 0 Å². The highest BCUT2D eigenvalue weighted by Crippen LogP contribution is 2.50. The molecule has 1 spiro atoms. The normalized spacial score (nSPS) is 32.3. The van der Waals surface area contributed by atoms with Gasteiger partial charge in [0.05, 0.1) is 23.8 Å². The van der Waals surface area contributed by atoms with Gasteiger partial charge in [-0.15, -0.1) is 24.8 Å². The topological polar surface area (TPSA) is 81.3 Å². The van der Waals surface area contributed by atoms with Gasteiger partial charge in [0, 0.05) is 38.3 Å². The monoisotopic (exact) mass is 437 g/mol. The van der Waals surface area contributed by atoms with Crippen molar-refractivity contribution in [1.82, 2.24) is 24.5 Å². The minimum absolute atomic E-state index is 0. The number of rotatable bonds is 3. The van der Waals surface area contributed by atoms with E-state index in [4.69, 9.17) is 0 Å². The molecule has 3 fully saturated rings. The van der Waals surface area contributed by atoms with Crippen molar-refractivity contribution >= 4 is 34.8 Å². The average molecular weight is 438 g/mol. The number of likely N-dealkylation sites (tertiary alicyclic amines) is 1. The van der Waals surface area contributed by atoms with E-state index in [1.165, 1.54) is 25.9 Å². The highest BCUT2D eigenvalue weighted by molar-refractivity contribution is 7.88. The van der Waals surface area contributed by atoms with Gasteiger partial charge in [0.2, 0.25) is 10.0 Å². The molecule has 1 aromatic heterocycles. The Balaban J connectivity index is 0.00000105. The van der Waals surface area contributed by atoms with Crippen LogP contribution in [0, 0.1) is 17.8 Å². The summed E-state index contributed by atoms with van der Waals surface area (Å²) in [5, 5.41) is 3.46. The van der Waals surface area contributed by atoms with E-state index in [1.54, 1.807) is 10.6 Å². The van der Waals surface area contributed by atoms with Gasteiger partial charge >= 0.3 is 0 Å². The largest absolute Gasteiger partial charge is 0.348 e. The second-order valence-corrected chi connectivity index (χ2v) is 10.2. The summed E-state index contributed by atoms with van der Waals surface area (Å²) in [6, 6.07) is 0. The molecule has 2 N–H and O–H groups in total. The number of hydrogen-bond donors (Lipinski definition) is 2. The van der Waals surface area contributed by atoms with Crippen molar-refractivity contribution in [2.24, 2.45) is 17.8 Å². The van der Waals surface area contributed by atoms with Gasteiger partial charge in [-0.25, -0.2) is 13.4 Å². The number of hydrogen-bond acceptors (Lipinski definition) is 5. The summed E-state index contributed by atoms with van der Waals surface area (Å²) >= 11 is 0. The van der Waals surface area contributed by atoms with Crippen molar-refractivity contribution < 1.29 is 8.42 Å². The number of halogens is 2. The van der Waals surface area contributed by atoms with Crippen LogP contribution in [0.1, 0.15) is 24.2 Å². The molecule has 4 heterocycles. The maximum absolute atomic E-state index is 12.5. The van der Waals surface area contributed by atoms with Crippen LogP contribution in [0.4, 0.5) is 0 Å². The van der Waals surface area contributed by atoms with E-state index in [-0.39, 0.29) is 24.8 Å². The predicted octanol–water partition coefficient (Wildman–Crippen LogP) is 0.827. The molecule has 2 saturated heterocycles. The van der Waals surface area contributed by atoms with E-state index in [9.17, 15) is 8.42 Å². The second-order valence-electron chi connectivity index (χ2n) is 8.30. The van der Waals surface area contributed by atoms with Crippen LogP contribution in [-0.4, -0.2) is 73.1 Å². The summed E-state index contributed by atoms with van der Waals surface area (Å²) < 4.78 is 26.7. The lowest BCUT2D eigenvalue weighted by Crippen LogP contribution is -2.58. The Labute approximate surface area is 173 Å². The average Bonchev–Trinajstić information content (AvgIpc) is 3.01. The zero-order valence-electron chi connectivity index (χ0n) is 15.6. The summed E-state index contributed by atoms with van der Waals surface area (Å²) in [6.45, 7) is 6.03. The molecule has 154 valence electrons. The third-order valence-electron chi connectivity index (χ3n) is 7.02. The molecule has 0 amide bonds. The lowest BCUT2D eigenvalue weighted by Gasteiger charge is -2.49. The first-order valence-electron chi connectivity index (χ1n) is 9.43. The van der Waals surface area contributed by atoms with Crippen LogP contribution >= 0.6 is 24.8 Å². The van der Waals surface area contributed by atoms with Crippen molar-refractivity contribution in [1.29, 1.82) is 0 Å². The minimum atomic E-state index is -3.24.